The maximum absolute atomic E-state index is 12.5. The quantitative estimate of drug-likeness (QED) is 0.884. The van der Waals surface area contributed by atoms with Crippen LogP contribution < -0.4 is 19.5 Å². The van der Waals surface area contributed by atoms with Crippen LogP contribution in [-0.4, -0.2) is 54.3 Å². The van der Waals surface area contributed by atoms with Crippen LogP contribution in [0.25, 0.3) is 0 Å². The van der Waals surface area contributed by atoms with Gasteiger partial charge in [-0.3, -0.25) is 4.98 Å². The minimum Gasteiger partial charge on any atom is -0.497 e. The van der Waals surface area contributed by atoms with Crippen molar-refractivity contribution in [1.82, 2.24) is 14.9 Å². The number of nitrogens with zero attached hydrogens (tertiary/aromatic N) is 3. The van der Waals surface area contributed by atoms with Gasteiger partial charge in [0.05, 0.1) is 33.2 Å². The SMILES string of the molecule is COc1ccc(NC(=O)N2CCCC(Oc3cncc(OC)n3)C2)cc1. The molecular formula is C18H22N4O4. The number of hydrogen-bond acceptors (Lipinski definition) is 6. The van der Waals surface area contributed by atoms with Gasteiger partial charge in [0, 0.05) is 12.2 Å². The molecule has 1 N–H and O–H groups in total. The van der Waals surface area contributed by atoms with Crippen molar-refractivity contribution in [2.24, 2.45) is 0 Å². The highest BCUT2D eigenvalue weighted by Crippen LogP contribution is 2.20. The van der Waals surface area contributed by atoms with Crippen LogP contribution in [0.2, 0.25) is 0 Å². The van der Waals surface area contributed by atoms with Crippen LogP contribution in [0.3, 0.4) is 0 Å². The van der Waals surface area contributed by atoms with E-state index in [0.717, 1.165) is 24.3 Å². The van der Waals surface area contributed by atoms with Crippen molar-refractivity contribution in [1.29, 1.82) is 0 Å². The van der Waals surface area contributed by atoms with Crippen molar-refractivity contribution in [2.45, 2.75) is 18.9 Å². The Balaban J connectivity index is 1.57. The summed E-state index contributed by atoms with van der Waals surface area (Å²) in [4.78, 5) is 22.5. The summed E-state index contributed by atoms with van der Waals surface area (Å²) in [6.45, 7) is 1.17. The van der Waals surface area contributed by atoms with Gasteiger partial charge in [-0.2, -0.15) is 4.98 Å². The molecule has 0 saturated carbocycles. The van der Waals surface area contributed by atoms with E-state index in [4.69, 9.17) is 14.2 Å². The highest BCUT2D eigenvalue weighted by Gasteiger charge is 2.25. The summed E-state index contributed by atoms with van der Waals surface area (Å²) in [5.74, 6) is 1.54. The second-order valence-electron chi connectivity index (χ2n) is 5.89. The predicted octanol–water partition coefficient (Wildman–Crippen LogP) is 2.57. The Kier molecular flexibility index (Phi) is 5.73. The van der Waals surface area contributed by atoms with E-state index in [-0.39, 0.29) is 12.1 Å². The van der Waals surface area contributed by atoms with Crippen molar-refractivity contribution in [2.75, 3.05) is 32.6 Å². The number of anilines is 1. The molecule has 2 heterocycles. The lowest BCUT2D eigenvalue weighted by atomic mass is 10.1. The van der Waals surface area contributed by atoms with Crippen LogP contribution in [0.15, 0.2) is 36.7 Å². The number of hydrogen-bond donors (Lipinski definition) is 1. The summed E-state index contributed by atoms with van der Waals surface area (Å²) < 4.78 is 16.0. The van der Waals surface area contributed by atoms with Gasteiger partial charge in [-0.25, -0.2) is 4.79 Å². The molecule has 1 saturated heterocycles. The molecule has 138 valence electrons. The fourth-order valence-electron chi connectivity index (χ4n) is 2.75. The molecule has 1 aromatic carbocycles. The summed E-state index contributed by atoms with van der Waals surface area (Å²) in [6, 6.07) is 7.07. The highest BCUT2D eigenvalue weighted by atomic mass is 16.5. The molecular weight excluding hydrogens is 336 g/mol. The number of carbonyl (C=O) groups excluding carboxylic acids is 1. The van der Waals surface area contributed by atoms with E-state index in [9.17, 15) is 4.79 Å². The average molecular weight is 358 g/mol. The van der Waals surface area contributed by atoms with E-state index < -0.39 is 0 Å². The summed E-state index contributed by atoms with van der Waals surface area (Å²) in [5, 5.41) is 2.89. The molecule has 1 aliphatic heterocycles. The Labute approximate surface area is 152 Å². The number of likely N-dealkylation sites (tertiary alicyclic amines) is 1. The molecule has 8 nitrogen and oxygen atoms in total. The predicted molar refractivity (Wildman–Crippen MR) is 95.8 cm³/mol. The van der Waals surface area contributed by atoms with Gasteiger partial charge in [-0.1, -0.05) is 0 Å². The molecule has 1 atom stereocenters. The molecule has 1 aromatic heterocycles. The fourth-order valence-corrected chi connectivity index (χ4v) is 2.75. The molecule has 1 unspecified atom stereocenters. The Hall–Kier alpha value is -3.03. The molecule has 2 aromatic rings. The van der Waals surface area contributed by atoms with Gasteiger partial charge in [0.25, 0.3) is 0 Å². The lowest BCUT2D eigenvalue weighted by Crippen LogP contribution is -2.46. The number of carbonyl (C=O) groups is 1. The molecule has 3 rings (SSSR count). The van der Waals surface area contributed by atoms with Crippen LogP contribution >= 0.6 is 0 Å². The van der Waals surface area contributed by atoms with E-state index in [0.29, 0.717) is 24.8 Å². The van der Waals surface area contributed by atoms with Crippen molar-refractivity contribution >= 4 is 11.7 Å². The number of aromatic nitrogens is 2. The largest absolute Gasteiger partial charge is 0.497 e. The number of rotatable bonds is 5. The number of piperidine rings is 1. The number of methoxy groups -OCH3 is 2. The van der Waals surface area contributed by atoms with E-state index in [1.807, 2.05) is 0 Å². The number of benzene rings is 1. The van der Waals surface area contributed by atoms with E-state index in [1.54, 1.807) is 42.5 Å². The number of nitrogens with one attached hydrogen (secondary N) is 1. The normalized spacial score (nSPS) is 16.7. The van der Waals surface area contributed by atoms with Crippen molar-refractivity contribution in [3.63, 3.8) is 0 Å². The second kappa shape index (κ2) is 8.37. The molecule has 2 amide bonds. The van der Waals surface area contributed by atoms with Gasteiger partial charge in [0.2, 0.25) is 11.8 Å². The van der Waals surface area contributed by atoms with Gasteiger partial charge in [-0.05, 0) is 37.1 Å². The van der Waals surface area contributed by atoms with Crippen LogP contribution in [0.4, 0.5) is 10.5 Å². The molecule has 8 heteroatoms. The zero-order valence-corrected chi connectivity index (χ0v) is 14.8. The standard InChI is InChI=1S/C18H22N4O4/c1-24-14-7-5-13(6-8-14)20-18(23)22-9-3-4-15(12-22)26-17-11-19-10-16(21-17)25-2/h5-8,10-11,15H,3-4,9,12H2,1-2H3,(H,20,23). The lowest BCUT2D eigenvalue weighted by molar-refractivity contribution is 0.101. The summed E-state index contributed by atoms with van der Waals surface area (Å²) in [5.41, 5.74) is 0.720. The van der Waals surface area contributed by atoms with E-state index >= 15 is 0 Å². The molecule has 0 radical (unpaired) electrons. The monoisotopic (exact) mass is 358 g/mol. The molecule has 26 heavy (non-hydrogen) atoms. The number of ether oxygens (including phenoxy) is 3. The summed E-state index contributed by atoms with van der Waals surface area (Å²) in [7, 11) is 3.13. The maximum atomic E-state index is 12.5. The van der Waals surface area contributed by atoms with Gasteiger partial charge in [0.1, 0.15) is 11.9 Å². The van der Waals surface area contributed by atoms with Gasteiger partial charge < -0.3 is 24.4 Å². The van der Waals surface area contributed by atoms with Crippen LogP contribution in [0.1, 0.15) is 12.8 Å². The third kappa shape index (κ3) is 4.53. The zero-order valence-electron chi connectivity index (χ0n) is 14.8. The summed E-state index contributed by atoms with van der Waals surface area (Å²) >= 11 is 0. The zero-order chi connectivity index (χ0) is 18.4. The first-order chi connectivity index (χ1) is 12.7. The highest BCUT2D eigenvalue weighted by molar-refractivity contribution is 5.89. The Morgan fingerprint density at radius 1 is 1.15 bits per heavy atom. The van der Waals surface area contributed by atoms with Gasteiger partial charge >= 0.3 is 6.03 Å². The first kappa shape index (κ1) is 17.8. The minimum atomic E-state index is -0.153. The van der Waals surface area contributed by atoms with E-state index in [1.165, 1.54) is 13.3 Å². The van der Waals surface area contributed by atoms with Crippen LogP contribution in [0, 0.1) is 0 Å². The maximum Gasteiger partial charge on any atom is 0.321 e. The van der Waals surface area contributed by atoms with Crippen molar-refractivity contribution in [3.05, 3.63) is 36.7 Å². The number of urea groups is 1. The summed E-state index contributed by atoms with van der Waals surface area (Å²) in [6.07, 6.45) is 4.64. The third-order valence-corrected chi connectivity index (χ3v) is 4.09. The Morgan fingerprint density at radius 3 is 2.65 bits per heavy atom. The first-order valence-electron chi connectivity index (χ1n) is 8.40. The first-order valence-corrected chi connectivity index (χ1v) is 8.40. The molecule has 1 fully saturated rings. The van der Waals surface area contributed by atoms with Gasteiger partial charge in [-0.15, -0.1) is 0 Å². The smallest absolute Gasteiger partial charge is 0.321 e. The molecule has 0 aliphatic carbocycles. The van der Waals surface area contributed by atoms with Crippen molar-refractivity contribution < 1.29 is 19.0 Å². The van der Waals surface area contributed by atoms with Crippen LogP contribution in [0.5, 0.6) is 17.5 Å². The van der Waals surface area contributed by atoms with Crippen molar-refractivity contribution in [3.8, 4) is 17.5 Å². The Morgan fingerprint density at radius 2 is 1.92 bits per heavy atom. The van der Waals surface area contributed by atoms with E-state index in [2.05, 4.69) is 15.3 Å². The average Bonchev–Trinajstić information content (AvgIpc) is 2.69. The topological polar surface area (TPSA) is 85.8 Å². The van der Waals surface area contributed by atoms with Gasteiger partial charge in [0.15, 0.2) is 0 Å². The number of amides is 2. The fraction of sp³-hybridized carbons (Fsp3) is 0.389. The molecule has 0 spiro atoms. The third-order valence-electron chi connectivity index (χ3n) is 4.09. The lowest BCUT2D eigenvalue weighted by Gasteiger charge is -2.32. The van der Waals surface area contributed by atoms with Crippen LogP contribution in [-0.2, 0) is 0 Å². The minimum absolute atomic E-state index is 0.133. The Bertz CT molecular complexity index is 738. The molecule has 1 aliphatic rings. The second-order valence-corrected chi connectivity index (χ2v) is 5.89. The molecule has 0 bridgehead atoms.